The zero-order chi connectivity index (χ0) is 59.0. The third kappa shape index (κ3) is 19.9. The number of halogens is 2. The topological polar surface area (TPSA) is 229 Å². The molecule has 4 atom stereocenters. The first-order valence-corrected chi connectivity index (χ1v) is 27.3. The van der Waals surface area contributed by atoms with Crippen LogP contribution in [0.25, 0.3) is 44.8 Å². The number of aliphatic hydroxyl groups excluding tert-OH is 4. The molecule has 0 bridgehead atoms. The number of aliphatic hydroxyl groups is 4. The van der Waals surface area contributed by atoms with Crippen molar-refractivity contribution in [3.8, 4) is 44.8 Å². The molecule has 0 spiro atoms. The minimum absolute atomic E-state index is 0. The van der Waals surface area contributed by atoms with Crippen LogP contribution in [-0.2, 0) is 22.7 Å². The zero-order valence-corrected chi connectivity index (χ0v) is 55.1. The van der Waals surface area contributed by atoms with Gasteiger partial charge in [0, 0.05) is 71.8 Å². The SMILES string of the molecule is CC(C)c1c(C(=O)Nc2ccccc2)c(-c2ccccc2)c(-c2ccc(F)cc2)n1CC[C@@H](O)C[C@@H](O)CC(=O)[O-].CC(C)c1c(C(=O)Nc2ccccc2)c(-c2ccccc2)c(-c2ccc(F)cc2)n1CC[C@@H](O)C[C@@H](O)CC(=O)[O-].[Ca+2].[H-].[H-].[Na+].[Na+]. The minimum atomic E-state index is -1.39. The number of hydrogen-bond donors (Lipinski definition) is 6. The Hall–Kier alpha value is -5.28. The molecule has 2 aromatic heterocycles. The van der Waals surface area contributed by atoms with E-state index in [4.69, 9.17) is 0 Å². The second-order valence-electron chi connectivity index (χ2n) is 20.8. The Morgan fingerprint density at radius 1 is 0.459 bits per heavy atom. The van der Waals surface area contributed by atoms with Crippen molar-refractivity contribution < 1.29 is 121 Å². The van der Waals surface area contributed by atoms with E-state index in [2.05, 4.69) is 10.6 Å². The molecule has 85 heavy (non-hydrogen) atoms. The van der Waals surface area contributed by atoms with Crippen LogP contribution in [0.2, 0.25) is 0 Å². The van der Waals surface area contributed by atoms with Crippen LogP contribution >= 0.6 is 0 Å². The molecule has 0 aliphatic heterocycles. The van der Waals surface area contributed by atoms with Crippen LogP contribution < -0.4 is 80.0 Å². The monoisotopic (exact) mass is 1200 g/mol. The van der Waals surface area contributed by atoms with Crippen molar-refractivity contribution in [3.63, 3.8) is 0 Å². The van der Waals surface area contributed by atoms with E-state index < -0.39 is 60.8 Å². The number of nitrogens with zero attached hydrogens (tertiary/aromatic N) is 2. The van der Waals surface area contributed by atoms with Gasteiger partial charge in [-0.2, -0.15) is 0 Å². The van der Waals surface area contributed by atoms with Crippen LogP contribution in [-0.4, -0.2) is 115 Å². The Morgan fingerprint density at radius 3 is 1.04 bits per heavy atom. The summed E-state index contributed by atoms with van der Waals surface area (Å²) in [6, 6.07) is 49.4. The van der Waals surface area contributed by atoms with Crippen LogP contribution in [0.3, 0.4) is 0 Å². The van der Waals surface area contributed by atoms with Crippen molar-refractivity contribution in [2.45, 2.75) is 116 Å². The summed E-state index contributed by atoms with van der Waals surface area (Å²) in [5.41, 5.74) is 9.43. The van der Waals surface area contributed by atoms with Crippen LogP contribution in [0.4, 0.5) is 20.2 Å². The van der Waals surface area contributed by atoms with Gasteiger partial charge in [0.2, 0.25) is 0 Å². The fourth-order valence-electron chi connectivity index (χ4n) is 10.4. The molecule has 0 unspecified atom stereocenters. The van der Waals surface area contributed by atoms with Crippen LogP contribution in [0.15, 0.2) is 170 Å². The number of amides is 2. The third-order valence-corrected chi connectivity index (χ3v) is 13.8. The van der Waals surface area contributed by atoms with E-state index in [-0.39, 0.29) is 162 Å². The molecule has 0 radical (unpaired) electrons. The van der Waals surface area contributed by atoms with Gasteiger partial charge in [0.15, 0.2) is 0 Å². The van der Waals surface area contributed by atoms with Gasteiger partial charge < -0.3 is 62.8 Å². The van der Waals surface area contributed by atoms with Crippen LogP contribution in [0, 0.1) is 11.6 Å². The maximum atomic E-state index is 14.0. The smallest absolute Gasteiger partial charge is 1.00 e. The first-order chi connectivity index (χ1) is 39.3. The summed E-state index contributed by atoms with van der Waals surface area (Å²) in [6.45, 7) is 8.45. The predicted molar refractivity (Wildman–Crippen MR) is 317 cm³/mol. The van der Waals surface area contributed by atoms with Crippen LogP contribution in [0.5, 0.6) is 0 Å². The summed E-state index contributed by atoms with van der Waals surface area (Å²) >= 11 is 0. The Bertz CT molecular complexity index is 3200. The van der Waals surface area contributed by atoms with Gasteiger partial charge in [0.05, 0.1) is 46.9 Å². The van der Waals surface area contributed by atoms with Crippen molar-refractivity contribution in [2.24, 2.45) is 0 Å². The summed E-state index contributed by atoms with van der Waals surface area (Å²) in [7, 11) is 0. The Balaban J connectivity index is 0.000000561. The largest absolute Gasteiger partial charge is 2.00 e. The molecular weight excluding hydrogens is 1130 g/mol. The number of rotatable bonds is 24. The van der Waals surface area contributed by atoms with Crippen molar-refractivity contribution in [3.05, 3.63) is 204 Å². The Labute approximate surface area is 571 Å². The number of aromatic nitrogens is 2. The molecule has 0 fully saturated rings. The number of para-hydroxylation sites is 2. The number of anilines is 2. The number of aliphatic carboxylic acids is 2. The number of carboxylic acids is 2. The second kappa shape index (κ2) is 34.9. The van der Waals surface area contributed by atoms with Gasteiger partial charge in [-0.05, 0) is 133 Å². The van der Waals surface area contributed by atoms with E-state index in [1.165, 1.54) is 24.3 Å². The van der Waals surface area contributed by atoms with Gasteiger partial charge in [-0.3, -0.25) is 9.59 Å². The number of carboxylic acid groups (broad SMARTS) is 2. The number of carbonyl (C=O) groups excluding carboxylic acids is 4. The van der Waals surface area contributed by atoms with E-state index >= 15 is 0 Å². The van der Waals surface area contributed by atoms with Gasteiger partial charge in [-0.1, -0.05) is 125 Å². The van der Waals surface area contributed by atoms with E-state index in [1.54, 1.807) is 48.5 Å². The molecule has 0 aliphatic rings. The maximum absolute atomic E-state index is 14.0. The molecular formula is C66H70CaF2N4Na2O10. The van der Waals surface area contributed by atoms with Crippen molar-refractivity contribution in [2.75, 3.05) is 10.6 Å². The molecule has 0 saturated carbocycles. The summed E-state index contributed by atoms with van der Waals surface area (Å²) in [5.74, 6) is -4.41. The molecule has 6 N–H and O–H groups in total. The molecule has 8 rings (SSSR count). The third-order valence-electron chi connectivity index (χ3n) is 13.8. The van der Waals surface area contributed by atoms with Crippen molar-refractivity contribution in [1.29, 1.82) is 0 Å². The molecule has 8 aromatic rings. The van der Waals surface area contributed by atoms with Crippen molar-refractivity contribution >= 4 is 72.9 Å². The number of hydrogen-bond acceptors (Lipinski definition) is 10. The fourth-order valence-corrected chi connectivity index (χ4v) is 10.4. The number of carbonyl (C=O) groups is 4. The molecule has 2 amide bonds. The normalized spacial score (nSPS) is 12.3. The van der Waals surface area contributed by atoms with E-state index in [1.807, 2.05) is 134 Å². The first-order valence-electron chi connectivity index (χ1n) is 27.3. The van der Waals surface area contributed by atoms with E-state index in [0.717, 1.165) is 22.5 Å². The summed E-state index contributed by atoms with van der Waals surface area (Å²) < 4.78 is 32.0. The molecule has 19 heteroatoms. The fraction of sp³-hybridized carbons (Fsp3) is 0.273. The van der Waals surface area contributed by atoms with Crippen LogP contribution in [0.1, 0.15) is 113 Å². The maximum Gasteiger partial charge on any atom is 2.00 e. The van der Waals surface area contributed by atoms with Crippen molar-refractivity contribution in [1.82, 2.24) is 9.13 Å². The standard InChI is InChI=1S/2C33H35FN2O5.Ca.2Na.2H/c2*1-21(2)31-30(33(41)35-25-11-7-4-8-12-25)29(22-9-5-3-6-10-22)32(23-13-15-24(34)16-14-23)36(31)18-17-26(37)19-27(38)20-28(39)40;;;;;/h2*3-16,21,26-27,37-38H,17-20H2,1-2H3,(H,35,41)(H,39,40);;;;;/q;;+2;2*+1;2*-1/p-2/t2*26-,27-;;;;;/m11...../s1. The molecule has 2 heterocycles. The average Bonchev–Trinajstić information content (AvgIpc) is 1.71. The number of nitrogens with one attached hydrogen (secondary N) is 2. The van der Waals surface area contributed by atoms with E-state index in [9.17, 15) is 58.6 Å². The second-order valence-corrected chi connectivity index (χ2v) is 20.8. The van der Waals surface area contributed by atoms with Gasteiger partial charge in [0.1, 0.15) is 11.6 Å². The molecule has 6 aromatic carbocycles. The molecule has 14 nitrogen and oxygen atoms in total. The Kier molecular flexibility index (Phi) is 29.6. The quantitative estimate of drug-likeness (QED) is 0.0480. The zero-order valence-electron chi connectivity index (χ0n) is 50.9. The van der Waals surface area contributed by atoms with Gasteiger partial charge in [-0.25, -0.2) is 8.78 Å². The van der Waals surface area contributed by atoms with Gasteiger partial charge in [0.25, 0.3) is 11.8 Å². The summed E-state index contributed by atoms with van der Waals surface area (Å²) in [4.78, 5) is 49.8. The average molecular weight is 1200 g/mol. The van der Waals surface area contributed by atoms with E-state index in [0.29, 0.717) is 56.1 Å². The van der Waals surface area contributed by atoms with Gasteiger partial charge >= 0.3 is 96.9 Å². The summed E-state index contributed by atoms with van der Waals surface area (Å²) in [5, 5.41) is 69.2. The minimum Gasteiger partial charge on any atom is -1.00 e. The molecule has 0 aliphatic carbocycles. The predicted octanol–water partition coefficient (Wildman–Crippen LogP) is 3.81. The molecule has 432 valence electrons. The summed E-state index contributed by atoms with van der Waals surface area (Å²) in [6.07, 6.45) is -5.54. The molecule has 0 saturated heterocycles. The van der Waals surface area contributed by atoms with Gasteiger partial charge in [-0.15, -0.1) is 0 Å². The first kappa shape index (κ1) is 72.2. The Morgan fingerprint density at radius 2 is 0.753 bits per heavy atom. The number of benzene rings is 6.